The Hall–Kier alpha value is -0.810. The number of aliphatic hydroxyl groups excluding tert-OH is 1. The highest BCUT2D eigenvalue weighted by atomic mass is 16.6. The van der Waals surface area contributed by atoms with Gasteiger partial charge in [0.2, 0.25) is 0 Å². The van der Waals surface area contributed by atoms with E-state index in [1.807, 2.05) is 20.8 Å². The van der Waals surface area contributed by atoms with Gasteiger partial charge >= 0.3 is 6.09 Å². The molecule has 0 saturated heterocycles. The van der Waals surface area contributed by atoms with Gasteiger partial charge in [-0.3, -0.25) is 0 Å². The summed E-state index contributed by atoms with van der Waals surface area (Å²) in [4.78, 5) is 11.8. The molecule has 22 heavy (non-hydrogen) atoms. The molecule has 5 heteroatoms. The molecular weight excluding hydrogens is 280 g/mol. The smallest absolute Gasteiger partial charge is 0.407 e. The van der Waals surface area contributed by atoms with Gasteiger partial charge < -0.3 is 20.5 Å². The van der Waals surface area contributed by atoms with Crippen LogP contribution in [0.1, 0.15) is 60.3 Å². The molecule has 1 amide bonds. The van der Waals surface area contributed by atoms with Gasteiger partial charge in [-0.25, -0.2) is 4.79 Å². The molecule has 0 aromatic rings. The number of hydrogen-bond donors (Lipinski definition) is 3. The van der Waals surface area contributed by atoms with Crippen LogP contribution < -0.4 is 10.6 Å². The summed E-state index contributed by atoms with van der Waals surface area (Å²) in [6.45, 7) is 10.5. The van der Waals surface area contributed by atoms with Crippen LogP contribution in [0.3, 0.4) is 0 Å². The Bertz CT molecular complexity index is 403. The normalized spacial score (nSPS) is 34.1. The molecule has 0 spiro atoms. The number of alkyl carbamates (subject to hydrolysis) is 1. The predicted octanol–water partition coefficient (Wildman–Crippen LogP) is 2.43. The molecule has 0 radical (unpaired) electrons. The fourth-order valence-electron chi connectivity index (χ4n) is 3.47. The lowest BCUT2D eigenvalue weighted by Gasteiger charge is -2.51. The fraction of sp³-hybridized carbons (Fsp3) is 0.941. The minimum Gasteiger partial charge on any atom is -0.444 e. The van der Waals surface area contributed by atoms with Gasteiger partial charge in [0, 0.05) is 24.0 Å². The lowest BCUT2D eigenvalue weighted by molar-refractivity contribution is -0.0771. The van der Waals surface area contributed by atoms with Crippen molar-refractivity contribution >= 4 is 6.09 Å². The summed E-state index contributed by atoms with van der Waals surface area (Å²) in [7, 11) is 0. The van der Waals surface area contributed by atoms with E-state index < -0.39 is 5.60 Å². The van der Waals surface area contributed by atoms with Crippen LogP contribution in [0.2, 0.25) is 0 Å². The molecule has 2 saturated carbocycles. The van der Waals surface area contributed by atoms with E-state index in [4.69, 9.17) is 4.74 Å². The standard InChI is InChI=1S/C17H32N2O3/c1-16(2,3)22-15(21)18-10-11-7-6-8-12(11)19-13-9-14(20)17(13,4)5/h11-14,19-20H,6-10H2,1-5H3,(H,18,21). The molecule has 5 nitrogen and oxygen atoms in total. The van der Waals surface area contributed by atoms with Crippen LogP contribution in [0.5, 0.6) is 0 Å². The lowest BCUT2D eigenvalue weighted by atomic mass is 9.64. The van der Waals surface area contributed by atoms with Gasteiger partial charge in [0.1, 0.15) is 5.60 Å². The van der Waals surface area contributed by atoms with Gasteiger partial charge in [0.25, 0.3) is 0 Å². The van der Waals surface area contributed by atoms with Crippen LogP contribution in [0.4, 0.5) is 4.79 Å². The third-order valence-electron chi connectivity index (χ3n) is 5.20. The largest absolute Gasteiger partial charge is 0.444 e. The maximum atomic E-state index is 11.8. The summed E-state index contributed by atoms with van der Waals surface area (Å²) in [6.07, 6.45) is 3.75. The number of aliphatic hydroxyl groups is 1. The Morgan fingerprint density at radius 2 is 2.00 bits per heavy atom. The zero-order valence-corrected chi connectivity index (χ0v) is 14.6. The number of nitrogens with one attached hydrogen (secondary N) is 2. The zero-order chi connectivity index (χ0) is 16.5. The van der Waals surface area contributed by atoms with Crippen LogP contribution in [0.15, 0.2) is 0 Å². The third-order valence-corrected chi connectivity index (χ3v) is 5.20. The van der Waals surface area contributed by atoms with Gasteiger partial charge in [0.15, 0.2) is 0 Å². The summed E-state index contributed by atoms with van der Waals surface area (Å²) >= 11 is 0. The molecule has 0 bridgehead atoms. The maximum Gasteiger partial charge on any atom is 0.407 e. The van der Waals surface area contributed by atoms with Crippen LogP contribution in [0, 0.1) is 11.3 Å². The van der Waals surface area contributed by atoms with E-state index in [0.29, 0.717) is 24.5 Å². The molecule has 4 unspecified atom stereocenters. The Morgan fingerprint density at radius 1 is 1.32 bits per heavy atom. The Balaban J connectivity index is 1.78. The van der Waals surface area contributed by atoms with Crippen molar-refractivity contribution in [2.45, 2.75) is 84.1 Å². The summed E-state index contributed by atoms with van der Waals surface area (Å²) in [5.41, 5.74) is -0.505. The monoisotopic (exact) mass is 312 g/mol. The Kier molecular flexibility index (Phi) is 5.07. The molecule has 4 atom stereocenters. The third kappa shape index (κ3) is 4.13. The highest BCUT2D eigenvalue weighted by molar-refractivity contribution is 5.67. The molecule has 0 aliphatic heterocycles. The van der Waals surface area contributed by atoms with Crippen molar-refractivity contribution in [2.75, 3.05) is 6.54 Å². The van der Waals surface area contributed by atoms with Crippen LogP contribution in [-0.2, 0) is 4.74 Å². The minimum atomic E-state index is -0.455. The Morgan fingerprint density at radius 3 is 2.55 bits per heavy atom. The van der Waals surface area contributed by atoms with E-state index in [-0.39, 0.29) is 17.6 Å². The van der Waals surface area contributed by atoms with E-state index in [9.17, 15) is 9.90 Å². The minimum absolute atomic E-state index is 0.0499. The number of ether oxygens (including phenoxy) is 1. The first-order chi connectivity index (χ1) is 10.1. The van der Waals surface area contributed by atoms with E-state index in [2.05, 4.69) is 24.5 Å². The quantitative estimate of drug-likeness (QED) is 0.745. The molecule has 2 aliphatic rings. The van der Waals surface area contributed by atoms with Gasteiger partial charge in [0.05, 0.1) is 6.10 Å². The van der Waals surface area contributed by atoms with Gasteiger partial charge in [-0.05, 0) is 46.0 Å². The molecular formula is C17H32N2O3. The first-order valence-corrected chi connectivity index (χ1v) is 8.50. The zero-order valence-electron chi connectivity index (χ0n) is 14.6. The van der Waals surface area contributed by atoms with E-state index in [1.54, 1.807) is 0 Å². The van der Waals surface area contributed by atoms with Crippen molar-refractivity contribution in [2.24, 2.45) is 11.3 Å². The highest BCUT2D eigenvalue weighted by Crippen LogP contribution is 2.41. The number of rotatable bonds is 4. The Labute approximate surface area is 134 Å². The predicted molar refractivity (Wildman–Crippen MR) is 86.7 cm³/mol. The van der Waals surface area contributed by atoms with Crippen molar-refractivity contribution in [1.29, 1.82) is 0 Å². The topological polar surface area (TPSA) is 70.6 Å². The van der Waals surface area contributed by atoms with Gasteiger partial charge in [-0.15, -0.1) is 0 Å². The number of amides is 1. The van der Waals surface area contributed by atoms with E-state index in [1.165, 1.54) is 6.42 Å². The van der Waals surface area contributed by atoms with Crippen LogP contribution >= 0.6 is 0 Å². The highest BCUT2D eigenvalue weighted by Gasteiger charge is 2.48. The van der Waals surface area contributed by atoms with Crippen LogP contribution in [-0.4, -0.2) is 41.5 Å². The second-order valence-corrected chi connectivity index (χ2v) is 8.47. The average molecular weight is 312 g/mol. The molecule has 0 aromatic carbocycles. The summed E-state index contributed by atoms with van der Waals surface area (Å²) in [5, 5.41) is 16.5. The van der Waals surface area contributed by atoms with Gasteiger partial charge in [-0.2, -0.15) is 0 Å². The summed E-state index contributed by atoms with van der Waals surface area (Å²) in [6, 6.07) is 0.793. The molecule has 3 N–H and O–H groups in total. The van der Waals surface area contributed by atoms with Crippen LogP contribution in [0.25, 0.3) is 0 Å². The number of carbonyl (C=O) groups excluding carboxylic acids is 1. The first kappa shape index (κ1) is 17.5. The molecule has 2 aliphatic carbocycles. The molecule has 2 rings (SSSR count). The maximum absolute atomic E-state index is 11.8. The van der Waals surface area contributed by atoms with E-state index >= 15 is 0 Å². The number of hydrogen-bond acceptors (Lipinski definition) is 4. The summed E-state index contributed by atoms with van der Waals surface area (Å²) in [5.74, 6) is 0.445. The second kappa shape index (κ2) is 6.36. The first-order valence-electron chi connectivity index (χ1n) is 8.50. The SMILES string of the molecule is CC(C)(C)OC(=O)NCC1CCCC1NC1CC(O)C1(C)C. The van der Waals surface area contributed by atoms with Crippen molar-refractivity contribution < 1.29 is 14.6 Å². The van der Waals surface area contributed by atoms with Crippen molar-refractivity contribution in [3.05, 3.63) is 0 Å². The van der Waals surface area contributed by atoms with Crippen molar-refractivity contribution in [3.8, 4) is 0 Å². The lowest BCUT2D eigenvalue weighted by Crippen LogP contribution is -2.62. The van der Waals surface area contributed by atoms with Crippen molar-refractivity contribution in [3.63, 3.8) is 0 Å². The second-order valence-electron chi connectivity index (χ2n) is 8.47. The molecule has 0 heterocycles. The average Bonchev–Trinajstić information content (AvgIpc) is 2.81. The fourth-order valence-corrected chi connectivity index (χ4v) is 3.47. The van der Waals surface area contributed by atoms with Gasteiger partial charge in [-0.1, -0.05) is 20.3 Å². The molecule has 2 fully saturated rings. The van der Waals surface area contributed by atoms with Crippen molar-refractivity contribution in [1.82, 2.24) is 10.6 Å². The summed E-state index contributed by atoms with van der Waals surface area (Å²) < 4.78 is 5.29. The number of carbonyl (C=O) groups is 1. The molecule has 128 valence electrons. The van der Waals surface area contributed by atoms with E-state index in [0.717, 1.165) is 19.3 Å². The molecule has 0 aromatic heterocycles.